The largest absolute Gasteiger partial charge is 0.396 e. The van der Waals surface area contributed by atoms with Crippen molar-refractivity contribution in [3.8, 4) is 0 Å². The summed E-state index contributed by atoms with van der Waals surface area (Å²) in [5.74, 6) is -0.252. The molecule has 0 heterocycles. The molecule has 0 aliphatic rings. The van der Waals surface area contributed by atoms with Crippen molar-refractivity contribution in [3.63, 3.8) is 0 Å². The van der Waals surface area contributed by atoms with E-state index in [2.05, 4.69) is 4.90 Å². The lowest BCUT2D eigenvalue weighted by atomic mass is 10.2. The predicted octanol–water partition coefficient (Wildman–Crippen LogP) is 3.07. The average Bonchev–Trinajstić information content (AvgIpc) is 2.29. The number of rotatable bonds is 7. The van der Waals surface area contributed by atoms with Crippen LogP contribution in [0.3, 0.4) is 0 Å². The molecule has 1 aromatic rings. The maximum atomic E-state index is 13.0. The Morgan fingerprint density at radius 3 is 2.76 bits per heavy atom. The summed E-state index contributed by atoms with van der Waals surface area (Å²) in [6.45, 7) is 1.82. The minimum absolute atomic E-state index is 0.249. The van der Waals surface area contributed by atoms with Crippen molar-refractivity contribution in [3.05, 3.63) is 34.6 Å². The quantitative estimate of drug-likeness (QED) is 0.761. The van der Waals surface area contributed by atoms with Gasteiger partial charge in [-0.05, 0) is 56.6 Å². The molecule has 1 rings (SSSR count). The van der Waals surface area contributed by atoms with Crippen LogP contribution < -0.4 is 0 Å². The van der Waals surface area contributed by atoms with Gasteiger partial charge in [0, 0.05) is 18.2 Å². The lowest BCUT2D eigenvalue weighted by Crippen LogP contribution is -2.19. The summed E-state index contributed by atoms with van der Waals surface area (Å²) in [4.78, 5) is 2.11. The molecule has 0 saturated carbocycles. The van der Waals surface area contributed by atoms with E-state index in [4.69, 9.17) is 16.7 Å². The van der Waals surface area contributed by atoms with Gasteiger partial charge in [-0.25, -0.2) is 4.39 Å². The lowest BCUT2D eigenvalue weighted by Gasteiger charge is -2.17. The highest BCUT2D eigenvalue weighted by atomic mass is 35.5. The Morgan fingerprint density at radius 1 is 1.29 bits per heavy atom. The molecule has 4 heteroatoms. The van der Waals surface area contributed by atoms with E-state index >= 15 is 0 Å². The van der Waals surface area contributed by atoms with E-state index in [9.17, 15) is 4.39 Å². The minimum Gasteiger partial charge on any atom is -0.396 e. The van der Waals surface area contributed by atoms with Crippen LogP contribution in [0, 0.1) is 5.82 Å². The molecule has 0 aromatic heterocycles. The number of hydrogen-bond acceptors (Lipinski definition) is 2. The van der Waals surface area contributed by atoms with Crippen LogP contribution in [0.5, 0.6) is 0 Å². The number of nitrogens with zero attached hydrogens (tertiary/aromatic N) is 1. The van der Waals surface area contributed by atoms with Gasteiger partial charge in [0.25, 0.3) is 0 Å². The molecule has 0 saturated heterocycles. The van der Waals surface area contributed by atoms with Gasteiger partial charge in [-0.1, -0.05) is 11.6 Å². The molecular weight excluding hydrogens is 241 g/mol. The van der Waals surface area contributed by atoms with E-state index in [1.54, 1.807) is 6.07 Å². The molecule has 1 aromatic carbocycles. The summed E-state index contributed by atoms with van der Waals surface area (Å²) >= 11 is 6.00. The van der Waals surface area contributed by atoms with Crippen molar-refractivity contribution in [1.29, 1.82) is 0 Å². The van der Waals surface area contributed by atoms with Crippen molar-refractivity contribution in [2.45, 2.75) is 25.8 Å². The third kappa shape index (κ3) is 5.48. The SMILES string of the molecule is CN(CCCCCO)Cc1cc(F)ccc1Cl. The van der Waals surface area contributed by atoms with E-state index in [1.807, 2.05) is 7.05 Å². The first-order chi connectivity index (χ1) is 8.13. The Kier molecular flexibility index (Phi) is 6.48. The van der Waals surface area contributed by atoms with E-state index in [1.165, 1.54) is 12.1 Å². The Morgan fingerprint density at radius 2 is 2.06 bits per heavy atom. The second-order valence-electron chi connectivity index (χ2n) is 4.26. The van der Waals surface area contributed by atoms with Gasteiger partial charge >= 0.3 is 0 Å². The molecule has 17 heavy (non-hydrogen) atoms. The van der Waals surface area contributed by atoms with Gasteiger partial charge in [-0.15, -0.1) is 0 Å². The highest BCUT2D eigenvalue weighted by Gasteiger charge is 2.05. The monoisotopic (exact) mass is 259 g/mol. The van der Waals surface area contributed by atoms with Crippen molar-refractivity contribution >= 4 is 11.6 Å². The number of benzene rings is 1. The smallest absolute Gasteiger partial charge is 0.123 e. The third-order valence-corrected chi connectivity index (χ3v) is 3.01. The van der Waals surface area contributed by atoms with Gasteiger partial charge in [0.2, 0.25) is 0 Å². The van der Waals surface area contributed by atoms with Crippen molar-refractivity contribution in [2.75, 3.05) is 20.2 Å². The summed E-state index contributed by atoms with van der Waals surface area (Å²) < 4.78 is 13.0. The fraction of sp³-hybridized carbons (Fsp3) is 0.538. The molecule has 2 nitrogen and oxygen atoms in total. The highest BCUT2D eigenvalue weighted by molar-refractivity contribution is 6.31. The summed E-state index contributed by atoms with van der Waals surface area (Å²) in [6, 6.07) is 4.44. The van der Waals surface area contributed by atoms with Crippen LogP contribution in [-0.2, 0) is 6.54 Å². The van der Waals surface area contributed by atoms with Gasteiger partial charge < -0.3 is 10.0 Å². The molecule has 0 radical (unpaired) electrons. The van der Waals surface area contributed by atoms with E-state index in [0.29, 0.717) is 11.6 Å². The number of aliphatic hydroxyl groups excluding tert-OH is 1. The first kappa shape index (κ1) is 14.4. The first-order valence-corrected chi connectivity index (χ1v) is 6.24. The molecule has 0 spiro atoms. The maximum Gasteiger partial charge on any atom is 0.123 e. The molecule has 0 aliphatic carbocycles. The molecule has 0 amide bonds. The molecule has 0 atom stereocenters. The molecule has 0 fully saturated rings. The van der Waals surface area contributed by atoms with Crippen LogP contribution in [0.25, 0.3) is 0 Å². The Hall–Kier alpha value is -0.640. The van der Waals surface area contributed by atoms with Gasteiger partial charge in [-0.3, -0.25) is 0 Å². The van der Waals surface area contributed by atoms with Crippen LogP contribution in [0.1, 0.15) is 24.8 Å². The van der Waals surface area contributed by atoms with Crippen molar-refractivity contribution in [1.82, 2.24) is 4.90 Å². The Labute approximate surface area is 107 Å². The molecule has 0 unspecified atom stereocenters. The number of unbranched alkanes of at least 4 members (excludes halogenated alkanes) is 2. The van der Waals surface area contributed by atoms with Crippen LogP contribution in [0.2, 0.25) is 5.02 Å². The maximum absolute atomic E-state index is 13.0. The zero-order valence-corrected chi connectivity index (χ0v) is 10.9. The topological polar surface area (TPSA) is 23.5 Å². The van der Waals surface area contributed by atoms with Gasteiger partial charge in [0.15, 0.2) is 0 Å². The molecule has 0 bridgehead atoms. The summed E-state index contributed by atoms with van der Waals surface area (Å²) in [7, 11) is 1.99. The summed E-state index contributed by atoms with van der Waals surface area (Å²) in [5, 5.41) is 9.27. The Balaban J connectivity index is 2.39. The second-order valence-corrected chi connectivity index (χ2v) is 4.66. The highest BCUT2D eigenvalue weighted by Crippen LogP contribution is 2.18. The van der Waals surface area contributed by atoms with E-state index in [-0.39, 0.29) is 12.4 Å². The predicted molar refractivity (Wildman–Crippen MR) is 68.7 cm³/mol. The summed E-state index contributed by atoms with van der Waals surface area (Å²) in [5.41, 5.74) is 0.816. The van der Waals surface area contributed by atoms with Gasteiger partial charge in [0.1, 0.15) is 5.82 Å². The minimum atomic E-state index is -0.252. The number of hydrogen-bond donors (Lipinski definition) is 1. The fourth-order valence-electron chi connectivity index (χ4n) is 1.70. The van der Waals surface area contributed by atoms with Crippen LogP contribution in [0.15, 0.2) is 18.2 Å². The molecule has 1 N–H and O–H groups in total. The number of aliphatic hydroxyl groups is 1. The van der Waals surface area contributed by atoms with E-state index < -0.39 is 0 Å². The van der Waals surface area contributed by atoms with Gasteiger partial charge in [0.05, 0.1) is 0 Å². The standard InChI is InChI=1S/C13H19ClFNO/c1-16(7-3-2-4-8-17)10-11-9-12(15)5-6-13(11)14/h5-6,9,17H,2-4,7-8,10H2,1H3. The average molecular weight is 260 g/mol. The Bertz CT molecular complexity index is 346. The summed E-state index contributed by atoms with van der Waals surface area (Å²) in [6.07, 6.45) is 2.89. The van der Waals surface area contributed by atoms with Crippen molar-refractivity contribution < 1.29 is 9.50 Å². The van der Waals surface area contributed by atoms with Crippen LogP contribution >= 0.6 is 11.6 Å². The molecule has 96 valence electrons. The van der Waals surface area contributed by atoms with Crippen LogP contribution in [0.4, 0.5) is 4.39 Å². The van der Waals surface area contributed by atoms with Crippen LogP contribution in [-0.4, -0.2) is 30.2 Å². The fourth-order valence-corrected chi connectivity index (χ4v) is 1.88. The van der Waals surface area contributed by atoms with Gasteiger partial charge in [-0.2, -0.15) is 0 Å². The molecule has 0 aliphatic heterocycles. The zero-order chi connectivity index (χ0) is 12.7. The molecular formula is C13H19ClFNO. The normalized spacial score (nSPS) is 11.1. The lowest BCUT2D eigenvalue weighted by molar-refractivity contribution is 0.271. The van der Waals surface area contributed by atoms with E-state index in [0.717, 1.165) is 31.4 Å². The zero-order valence-electron chi connectivity index (χ0n) is 10.1. The second kappa shape index (κ2) is 7.64. The number of halogens is 2. The third-order valence-electron chi connectivity index (χ3n) is 2.65. The van der Waals surface area contributed by atoms with Crippen molar-refractivity contribution in [2.24, 2.45) is 0 Å². The first-order valence-electron chi connectivity index (χ1n) is 5.87.